The molecule has 1 heterocycles. The van der Waals surface area contributed by atoms with Crippen LogP contribution in [0.5, 0.6) is 5.75 Å². The number of hydrogen-bond donors (Lipinski definition) is 2. The van der Waals surface area contributed by atoms with Crippen molar-refractivity contribution in [1.82, 2.24) is 15.1 Å². The lowest BCUT2D eigenvalue weighted by Gasteiger charge is -2.05. The van der Waals surface area contributed by atoms with Gasteiger partial charge in [0.15, 0.2) is 5.69 Å². The summed E-state index contributed by atoms with van der Waals surface area (Å²) in [6, 6.07) is 21.7. The third-order valence-electron chi connectivity index (χ3n) is 5.02. The molecule has 0 atom stereocenters. The maximum absolute atomic E-state index is 12.9. The fraction of sp³-hybridized carbons (Fsp3) is 0.125. The number of para-hydroxylation sites is 1. The van der Waals surface area contributed by atoms with Gasteiger partial charge < -0.3 is 15.2 Å². The molecule has 0 radical (unpaired) electrons. The average molecular weight is 415 g/mol. The Morgan fingerprint density at radius 1 is 0.968 bits per heavy atom. The molecule has 0 spiro atoms. The monoisotopic (exact) mass is 415 g/mol. The Bertz CT molecular complexity index is 1230. The van der Waals surface area contributed by atoms with Gasteiger partial charge in [-0.15, -0.1) is 0 Å². The largest absolute Gasteiger partial charge is 0.497 e. The third kappa shape index (κ3) is 4.40. The molecule has 7 heteroatoms. The van der Waals surface area contributed by atoms with Gasteiger partial charge in [0.05, 0.1) is 24.7 Å². The zero-order chi connectivity index (χ0) is 21.8. The van der Waals surface area contributed by atoms with Crippen molar-refractivity contribution in [1.29, 1.82) is 0 Å². The summed E-state index contributed by atoms with van der Waals surface area (Å²) in [7, 11) is 1.63. The van der Waals surface area contributed by atoms with E-state index < -0.39 is 5.97 Å². The van der Waals surface area contributed by atoms with Gasteiger partial charge in [-0.3, -0.25) is 9.48 Å². The molecule has 31 heavy (non-hydrogen) atoms. The molecule has 0 aliphatic carbocycles. The topological polar surface area (TPSA) is 93.5 Å². The van der Waals surface area contributed by atoms with E-state index in [4.69, 9.17) is 9.84 Å². The molecule has 1 aromatic heterocycles. The Morgan fingerprint density at radius 2 is 1.65 bits per heavy atom. The minimum atomic E-state index is -0.982. The van der Waals surface area contributed by atoms with Crippen LogP contribution in [0.2, 0.25) is 0 Å². The van der Waals surface area contributed by atoms with E-state index in [9.17, 15) is 9.59 Å². The van der Waals surface area contributed by atoms with E-state index >= 15 is 0 Å². The normalized spacial score (nSPS) is 10.7. The maximum Gasteiger partial charge on any atom is 0.335 e. The number of methoxy groups -OCH3 is 1. The van der Waals surface area contributed by atoms with Crippen molar-refractivity contribution < 1.29 is 19.4 Å². The van der Waals surface area contributed by atoms with Gasteiger partial charge in [-0.2, -0.15) is 5.10 Å². The molecule has 0 bridgehead atoms. The third-order valence-corrected chi connectivity index (χ3v) is 5.02. The quantitative estimate of drug-likeness (QED) is 0.480. The molecular weight excluding hydrogens is 394 g/mol. The fourth-order valence-electron chi connectivity index (χ4n) is 3.35. The highest BCUT2D eigenvalue weighted by atomic mass is 16.5. The van der Waals surface area contributed by atoms with Gasteiger partial charge in [0.2, 0.25) is 0 Å². The first kappa shape index (κ1) is 20.2. The van der Waals surface area contributed by atoms with Crippen molar-refractivity contribution in [3.63, 3.8) is 0 Å². The van der Waals surface area contributed by atoms with Gasteiger partial charge in [0.25, 0.3) is 5.91 Å². The Morgan fingerprint density at radius 3 is 2.32 bits per heavy atom. The number of rotatable bonds is 7. The van der Waals surface area contributed by atoms with Crippen LogP contribution in [0.15, 0.2) is 72.8 Å². The van der Waals surface area contributed by atoms with Crippen LogP contribution >= 0.6 is 0 Å². The molecule has 4 aromatic rings. The van der Waals surface area contributed by atoms with E-state index in [2.05, 4.69) is 10.4 Å². The minimum Gasteiger partial charge on any atom is -0.497 e. The summed E-state index contributed by atoms with van der Waals surface area (Å²) >= 11 is 0. The summed E-state index contributed by atoms with van der Waals surface area (Å²) in [5, 5.41) is 17.2. The maximum atomic E-state index is 12.9. The predicted molar refractivity (Wildman–Crippen MR) is 116 cm³/mol. The van der Waals surface area contributed by atoms with Gasteiger partial charge in [-0.25, -0.2) is 4.79 Å². The fourth-order valence-corrected chi connectivity index (χ4v) is 3.35. The van der Waals surface area contributed by atoms with Gasteiger partial charge >= 0.3 is 5.97 Å². The molecule has 0 aliphatic rings. The Labute approximate surface area is 178 Å². The molecule has 7 nitrogen and oxygen atoms in total. The molecule has 1 amide bonds. The molecule has 0 saturated carbocycles. The Kier molecular flexibility index (Phi) is 5.66. The van der Waals surface area contributed by atoms with Crippen LogP contribution in [-0.2, 0) is 13.1 Å². The number of nitrogens with one attached hydrogen (secondary N) is 1. The number of carboxylic acids is 1. The number of ether oxygens (including phenoxy) is 1. The van der Waals surface area contributed by atoms with Gasteiger partial charge in [0.1, 0.15) is 5.75 Å². The van der Waals surface area contributed by atoms with Crippen molar-refractivity contribution in [2.45, 2.75) is 13.1 Å². The second-order valence-corrected chi connectivity index (χ2v) is 7.06. The van der Waals surface area contributed by atoms with E-state index in [1.807, 2.05) is 53.2 Å². The second-order valence-electron chi connectivity index (χ2n) is 7.06. The lowest BCUT2D eigenvalue weighted by molar-refractivity contribution is 0.0696. The molecule has 4 rings (SSSR count). The molecule has 0 aliphatic heterocycles. The van der Waals surface area contributed by atoms with Crippen LogP contribution < -0.4 is 10.1 Å². The molecule has 2 N–H and O–H groups in total. The van der Waals surface area contributed by atoms with Gasteiger partial charge in [-0.05, 0) is 41.5 Å². The number of benzene rings is 3. The zero-order valence-corrected chi connectivity index (χ0v) is 16.9. The van der Waals surface area contributed by atoms with Crippen LogP contribution in [0.3, 0.4) is 0 Å². The number of carboxylic acid groups (broad SMARTS) is 1. The smallest absolute Gasteiger partial charge is 0.335 e. The number of fused-ring (bicyclic) bond motifs is 1. The number of hydrogen-bond acceptors (Lipinski definition) is 4. The molecule has 0 saturated heterocycles. The number of amides is 1. The first-order valence-electron chi connectivity index (χ1n) is 9.74. The van der Waals surface area contributed by atoms with Crippen molar-refractivity contribution in [3.05, 3.63) is 95.2 Å². The number of nitrogens with zero attached hydrogens (tertiary/aromatic N) is 2. The zero-order valence-electron chi connectivity index (χ0n) is 16.9. The predicted octanol–water partition coefficient (Wildman–Crippen LogP) is 3.72. The van der Waals surface area contributed by atoms with Crippen LogP contribution in [0.25, 0.3) is 10.9 Å². The van der Waals surface area contributed by atoms with Crippen LogP contribution in [0.1, 0.15) is 32.0 Å². The van der Waals surface area contributed by atoms with Crippen molar-refractivity contribution in [2.24, 2.45) is 0 Å². The lowest BCUT2D eigenvalue weighted by atomic mass is 10.1. The standard InChI is InChI=1S/C24H21N3O4/c1-31-19-12-8-17(9-13-19)15-27-21-5-3-2-4-20(21)22(26-27)23(28)25-14-16-6-10-18(11-7-16)24(29)30/h2-13H,14-15H2,1H3,(H,25,28)(H,29,30). The average Bonchev–Trinajstić information content (AvgIpc) is 3.17. The van der Waals surface area contributed by atoms with Crippen LogP contribution in [0, 0.1) is 0 Å². The SMILES string of the molecule is COc1ccc(Cn2nc(C(=O)NCc3ccc(C(=O)O)cc3)c3ccccc32)cc1. The minimum absolute atomic E-state index is 0.207. The van der Waals surface area contributed by atoms with Crippen molar-refractivity contribution >= 4 is 22.8 Å². The summed E-state index contributed by atoms with van der Waals surface area (Å²) in [6.07, 6.45) is 0. The summed E-state index contributed by atoms with van der Waals surface area (Å²) in [6.45, 7) is 0.798. The van der Waals surface area contributed by atoms with Gasteiger partial charge in [-0.1, -0.05) is 42.5 Å². The van der Waals surface area contributed by atoms with E-state index in [0.717, 1.165) is 27.8 Å². The first-order chi connectivity index (χ1) is 15.0. The van der Waals surface area contributed by atoms with E-state index in [1.165, 1.54) is 12.1 Å². The van der Waals surface area contributed by atoms with E-state index in [1.54, 1.807) is 19.2 Å². The van der Waals surface area contributed by atoms with Crippen molar-refractivity contribution in [3.8, 4) is 5.75 Å². The highest BCUT2D eigenvalue weighted by molar-refractivity contribution is 6.04. The van der Waals surface area contributed by atoms with Crippen molar-refractivity contribution in [2.75, 3.05) is 7.11 Å². The van der Waals surface area contributed by atoms with E-state index in [-0.39, 0.29) is 18.0 Å². The van der Waals surface area contributed by atoms with Gasteiger partial charge in [0, 0.05) is 11.9 Å². The Balaban J connectivity index is 1.54. The number of aromatic nitrogens is 2. The summed E-state index contributed by atoms with van der Waals surface area (Å²) in [4.78, 5) is 23.8. The molecular formula is C24H21N3O4. The number of carbonyl (C=O) groups excluding carboxylic acids is 1. The second kappa shape index (κ2) is 8.71. The molecule has 0 unspecified atom stereocenters. The first-order valence-corrected chi connectivity index (χ1v) is 9.74. The summed E-state index contributed by atoms with van der Waals surface area (Å²) < 4.78 is 7.02. The number of carbonyl (C=O) groups is 2. The van der Waals surface area contributed by atoms with E-state index in [0.29, 0.717) is 12.2 Å². The molecule has 3 aromatic carbocycles. The summed E-state index contributed by atoms with van der Waals surface area (Å²) in [5.41, 5.74) is 3.28. The van der Waals surface area contributed by atoms with Crippen LogP contribution in [-0.4, -0.2) is 33.9 Å². The number of aromatic carboxylic acids is 1. The highest BCUT2D eigenvalue weighted by Gasteiger charge is 2.17. The molecule has 0 fully saturated rings. The molecule has 156 valence electrons. The highest BCUT2D eigenvalue weighted by Crippen LogP contribution is 2.21. The lowest BCUT2D eigenvalue weighted by Crippen LogP contribution is -2.23. The van der Waals surface area contributed by atoms with Crippen LogP contribution in [0.4, 0.5) is 0 Å². The summed E-state index contributed by atoms with van der Waals surface area (Å²) in [5.74, 6) is -0.484. The Hall–Kier alpha value is -4.13.